The van der Waals surface area contributed by atoms with Gasteiger partial charge >= 0.3 is 0 Å². The minimum Gasteiger partial charge on any atom is -0.497 e. The molecule has 32 heavy (non-hydrogen) atoms. The Morgan fingerprint density at radius 3 is 2.75 bits per heavy atom. The van der Waals surface area contributed by atoms with Crippen molar-refractivity contribution in [1.29, 1.82) is 0 Å². The topological polar surface area (TPSA) is 108 Å². The molecule has 0 saturated heterocycles. The molecular formula is C23H22N8O. The summed E-state index contributed by atoms with van der Waals surface area (Å²) in [6, 6.07) is 10.1. The van der Waals surface area contributed by atoms with Crippen LogP contribution >= 0.6 is 0 Å². The van der Waals surface area contributed by atoms with Crippen LogP contribution in [0.3, 0.4) is 0 Å². The van der Waals surface area contributed by atoms with Gasteiger partial charge in [0.2, 0.25) is 0 Å². The monoisotopic (exact) mass is 426 g/mol. The third kappa shape index (κ3) is 3.87. The van der Waals surface area contributed by atoms with Crippen LogP contribution < -0.4 is 9.64 Å². The molecule has 0 aliphatic carbocycles. The maximum Gasteiger partial charge on any atom is 0.180 e. The highest BCUT2D eigenvalue weighted by atomic mass is 16.5. The van der Waals surface area contributed by atoms with Crippen molar-refractivity contribution < 1.29 is 4.74 Å². The van der Waals surface area contributed by atoms with Gasteiger partial charge in [0.15, 0.2) is 5.65 Å². The molecule has 0 aliphatic rings. The van der Waals surface area contributed by atoms with Gasteiger partial charge in [0.1, 0.15) is 22.9 Å². The van der Waals surface area contributed by atoms with E-state index in [9.17, 15) is 0 Å². The van der Waals surface area contributed by atoms with Crippen molar-refractivity contribution in [2.75, 3.05) is 12.0 Å². The van der Waals surface area contributed by atoms with E-state index in [-0.39, 0.29) is 0 Å². The number of rotatable bonds is 7. The van der Waals surface area contributed by atoms with Crippen LogP contribution in [0, 0.1) is 0 Å². The lowest BCUT2D eigenvalue weighted by Gasteiger charge is -2.24. The lowest BCUT2D eigenvalue weighted by molar-refractivity contribution is 0.414. The summed E-state index contributed by atoms with van der Waals surface area (Å²) in [5, 5.41) is 6.80. The number of methoxy groups -OCH3 is 1. The summed E-state index contributed by atoms with van der Waals surface area (Å²) in [4.78, 5) is 23.8. The second-order valence-corrected chi connectivity index (χ2v) is 7.27. The molecule has 9 nitrogen and oxygen atoms in total. The summed E-state index contributed by atoms with van der Waals surface area (Å²) in [5.74, 6) is 2.36. The van der Waals surface area contributed by atoms with Crippen LogP contribution in [0.5, 0.6) is 5.75 Å². The van der Waals surface area contributed by atoms with Crippen LogP contribution in [-0.4, -0.2) is 42.2 Å². The molecule has 5 aromatic rings. The molecule has 0 aliphatic heterocycles. The van der Waals surface area contributed by atoms with Crippen molar-refractivity contribution in [1.82, 2.24) is 35.1 Å². The van der Waals surface area contributed by atoms with E-state index in [4.69, 9.17) is 14.7 Å². The number of fused-ring (bicyclic) bond motifs is 1. The molecule has 9 heteroatoms. The molecule has 5 rings (SSSR count). The van der Waals surface area contributed by atoms with Crippen LogP contribution in [0.15, 0.2) is 61.3 Å². The molecule has 0 bridgehead atoms. The van der Waals surface area contributed by atoms with Crippen LogP contribution in [0.1, 0.15) is 18.3 Å². The van der Waals surface area contributed by atoms with Gasteiger partial charge in [-0.05, 0) is 36.2 Å². The molecule has 1 aromatic carbocycles. The Bertz CT molecular complexity index is 1310. The minimum atomic E-state index is 0.511. The summed E-state index contributed by atoms with van der Waals surface area (Å²) < 4.78 is 5.54. The van der Waals surface area contributed by atoms with Crippen LogP contribution in [0.25, 0.3) is 22.4 Å². The summed E-state index contributed by atoms with van der Waals surface area (Å²) in [5.41, 5.74) is 4.99. The fourth-order valence-corrected chi connectivity index (χ4v) is 3.53. The number of nitrogens with zero attached hydrogens (tertiary/aromatic N) is 6. The number of aryl methyl sites for hydroxylation is 1. The Morgan fingerprint density at radius 2 is 2.00 bits per heavy atom. The number of imidazole rings is 1. The van der Waals surface area contributed by atoms with Crippen molar-refractivity contribution in [3.05, 3.63) is 72.7 Å². The van der Waals surface area contributed by atoms with Crippen LogP contribution in [0.4, 0.5) is 11.5 Å². The number of H-pyrrole nitrogens is 2. The number of benzene rings is 1. The lowest BCUT2D eigenvalue weighted by atomic mass is 10.1. The first-order valence-corrected chi connectivity index (χ1v) is 10.3. The molecule has 0 radical (unpaired) electrons. The molecule has 4 aromatic heterocycles. The maximum atomic E-state index is 5.54. The average Bonchev–Trinajstić information content (AvgIpc) is 3.56. The number of hydrogen-bond acceptors (Lipinski definition) is 7. The van der Waals surface area contributed by atoms with Gasteiger partial charge in [0.05, 0.1) is 31.7 Å². The van der Waals surface area contributed by atoms with E-state index in [1.165, 1.54) is 5.56 Å². The highest BCUT2D eigenvalue weighted by Crippen LogP contribution is 2.31. The second kappa shape index (κ2) is 8.46. The Balaban J connectivity index is 1.62. The largest absolute Gasteiger partial charge is 0.497 e. The predicted molar refractivity (Wildman–Crippen MR) is 122 cm³/mol. The third-order valence-electron chi connectivity index (χ3n) is 5.23. The Labute approximate surface area is 184 Å². The fourth-order valence-electron chi connectivity index (χ4n) is 3.53. The number of aromatic nitrogens is 7. The normalized spacial score (nSPS) is 11.1. The molecular weight excluding hydrogens is 404 g/mol. The molecule has 0 fully saturated rings. The average molecular weight is 426 g/mol. The molecule has 0 atom stereocenters. The molecule has 0 unspecified atom stereocenters. The van der Waals surface area contributed by atoms with Gasteiger partial charge in [-0.25, -0.2) is 15.0 Å². The van der Waals surface area contributed by atoms with Gasteiger partial charge in [-0.15, -0.1) is 0 Å². The van der Waals surface area contributed by atoms with E-state index in [0.29, 0.717) is 17.9 Å². The van der Waals surface area contributed by atoms with Crippen molar-refractivity contribution in [2.45, 2.75) is 19.9 Å². The van der Waals surface area contributed by atoms with E-state index in [1.807, 2.05) is 30.5 Å². The number of nitrogens with one attached hydrogen (secondary N) is 2. The standard InChI is InChI=1S/C23H22N8O/c1-3-15-8-17(10-18(9-15)32-2)31(14-21-24-6-7-25-21)22-5-4-19-23(30-22)29-20(13-26-19)16-11-27-28-12-16/h4-13H,3,14H2,1-2H3,(H,24,25)(H,27,28). The maximum absolute atomic E-state index is 5.54. The molecule has 160 valence electrons. The van der Waals surface area contributed by atoms with Gasteiger partial charge in [-0.1, -0.05) is 6.92 Å². The fraction of sp³-hybridized carbons (Fsp3) is 0.174. The third-order valence-corrected chi connectivity index (χ3v) is 5.23. The van der Waals surface area contributed by atoms with Crippen molar-refractivity contribution >= 4 is 22.7 Å². The van der Waals surface area contributed by atoms with Gasteiger partial charge in [-0.3, -0.25) is 10.1 Å². The number of anilines is 2. The zero-order valence-electron chi connectivity index (χ0n) is 17.8. The molecule has 4 heterocycles. The Hall–Kier alpha value is -4.27. The van der Waals surface area contributed by atoms with Gasteiger partial charge in [0.25, 0.3) is 0 Å². The number of hydrogen-bond donors (Lipinski definition) is 2. The minimum absolute atomic E-state index is 0.511. The first kappa shape index (κ1) is 19.7. The van der Waals surface area contributed by atoms with Crippen molar-refractivity contribution in [3.8, 4) is 17.0 Å². The van der Waals surface area contributed by atoms with E-state index >= 15 is 0 Å². The zero-order valence-corrected chi connectivity index (χ0v) is 17.8. The zero-order chi connectivity index (χ0) is 21.9. The summed E-state index contributed by atoms with van der Waals surface area (Å²) in [6.07, 6.45) is 9.67. The van der Waals surface area contributed by atoms with E-state index < -0.39 is 0 Å². The van der Waals surface area contributed by atoms with Gasteiger partial charge in [-0.2, -0.15) is 5.10 Å². The first-order chi connectivity index (χ1) is 15.7. The Kier molecular flexibility index (Phi) is 5.20. The number of ether oxygens (including phenoxy) is 1. The quantitative estimate of drug-likeness (QED) is 0.404. The number of pyridine rings is 1. The van der Waals surface area contributed by atoms with Crippen molar-refractivity contribution in [2.24, 2.45) is 0 Å². The molecule has 0 spiro atoms. The second-order valence-electron chi connectivity index (χ2n) is 7.27. The smallest absolute Gasteiger partial charge is 0.180 e. The lowest BCUT2D eigenvalue weighted by Crippen LogP contribution is -2.19. The highest BCUT2D eigenvalue weighted by molar-refractivity contribution is 5.76. The highest BCUT2D eigenvalue weighted by Gasteiger charge is 2.16. The van der Waals surface area contributed by atoms with E-state index in [2.05, 4.69) is 43.0 Å². The van der Waals surface area contributed by atoms with Gasteiger partial charge in [0, 0.05) is 35.9 Å². The Morgan fingerprint density at radius 1 is 1.06 bits per heavy atom. The summed E-state index contributed by atoms with van der Waals surface area (Å²) in [6.45, 7) is 2.63. The van der Waals surface area contributed by atoms with Gasteiger partial charge < -0.3 is 14.6 Å². The molecule has 2 N–H and O–H groups in total. The molecule has 0 saturated carbocycles. The van der Waals surface area contributed by atoms with Crippen LogP contribution in [-0.2, 0) is 13.0 Å². The summed E-state index contributed by atoms with van der Waals surface area (Å²) >= 11 is 0. The predicted octanol–water partition coefficient (Wildman–Crippen LogP) is 4.05. The first-order valence-electron chi connectivity index (χ1n) is 10.3. The summed E-state index contributed by atoms with van der Waals surface area (Å²) in [7, 11) is 1.68. The molecule has 0 amide bonds. The van der Waals surface area contributed by atoms with E-state index in [0.717, 1.165) is 40.6 Å². The van der Waals surface area contributed by atoms with E-state index in [1.54, 1.807) is 31.9 Å². The SMILES string of the molecule is CCc1cc(OC)cc(N(Cc2ncc[nH]2)c2ccc3ncc(-c4cn[nH]c4)nc3n2)c1. The number of aromatic amines is 2. The van der Waals surface area contributed by atoms with Crippen LogP contribution in [0.2, 0.25) is 0 Å². The van der Waals surface area contributed by atoms with Crippen molar-refractivity contribution in [3.63, 3.8) is 0 Å².